The Kier molecular flexibility index (Phi) is 4.70. The highest BCUT2D eigenvalue weighted by atomic mass is 32.2. The number of hydrogen-bond acceptors (Lipinski definition) is 5. The standard InChI is InChI=1S/C15H24N2OS2/c1-11-15(7-4-10-19-11,16-8-9-18-2)14-17-12-5-3-6-13(12)20-14/h11,16H,3-10H2,1-2H3. The fourth-order valence-corrected chi connectivity index (χ4v) is 6.07. The summed E-state index contributed by atoms with van der Waals surface area (Å²) in [7, 11) is 1.77. The molecule has 2 atom stereocenters. The largest absolute Gasteiger partial charge is 0.383 e. The molecule has 2 aliphatic rings. The van der Waals surface area contributed by atoms with Gasteiger partial charge in [-0.15, -0.1) is 11.3 Å². The van der Waals surface area contributed by atoms with Crippen LogP contribution in [0.4, 0.5) is 0 Å². The smallest absolute Gasteiger partial charge is 0.114 e. The minimum Gasteiger partial charge on any atom is -0.383 e. The predicted octanol–water partition coefficient (Wildman–Crippen LogP) is 2.98. The lowest BCUT2D eigenvalue weighted by atomic mass is 9.90. The van der Waals surface area contributed by atoms with Gasteiger partial charge in [-0.05, 0) is 37.9 Å². The predicted molar refractivity (Wildman–Crippen MR) is 86.8 cm³/mol. The zero-order valence-electron chi connectivity index (χ0n) is 12.4. The molecule has 1 fully saturated rings. The summed E-state index contributed by atoms with van der Waals surface area (Å²) in [6.45, 7) is 4.03. The molecule has 2 unspecified atom stereocenters. The second kappa shape index (κ2) is 6.34. The van der Waals surface area contributed by atoms with E-state index >= 15 is 0 Å². The summed E-state index contributed by atoms with van der Waals surface area (Å²) >= 11 is 4.04. The molecule has 20 heavy (non-hydrogen) atoms. The molecular weight excluding hydrogens is 288 g/mol. The minimum absolute atomic E-state index is 0.0659. The second-order valence-electron chi connectivity index (χ2n) is 5.75. The van der Waals surface area contributed by atoms with Gasteiger partial charge in [0.15, 0.2) is 0 Å². The number of hydrogen-bond donors (Lipinski definition) is 1. The van der Waals surface area contributed by atoms with Gasteiger partial charge in [-0.25, -0.2) is 4.98 Å². The van der Waals surface area contributed by atoms with E-state index in [1.165, 1.54) is 53.4 Å². The Morgan fingerprint density at radius 3 is 3.05 bits per heavy atom. The van der Waals surface area contributed by atoms with Gasteiger partial charge in [-0.1, -0.05) is 6.92 Å². The zero-order chi connectivity index (χ0) is 14.0. The van der Waals surface area contributed by atoms with E-state index in [1.807, 2.05) is 11.3 Å². The number of ether oxygens (including phenoxy) is 1. The maximum Gasteiger partial charge on any atom is 0.114 e. The quantitative estimate of drug-likeness (QED) is 0.848. The first-order valence-electron chi connectivity index (χ1n) is 7.61. The number of thioether (sulfide) groups is 1. The summed E-state index contributed by atoms with van der Waals surface area (Å²) in [5.74, 6) is 1.28. The van der Waals surface area contributed by atoms with Crippen LogP contribution in [0, 0.1) is 0 Å². The van der Waals surface area contributed by atoms with Crippen molar-refractivity contribution in [3.05, 3.63) is 15.6 Å². The number of aromatic nitrogens is 1. The number of rotatable bonds is 5. The molecule has 1 aliphatic heterocycles. The van der Waals surface area contributed by atoms with Crippen LogP contribution in [0.25, 0.3) is 0 Å². The monoisotopic (exact) mass is 312 g/mol. The molecule has 112 valence electrons. The molecule has 0 spiro atoms. The number of methoxy groups -OCH3 is 1. The lowest BCUT2D eigenvalue weighted by Crippen LogP contribution is -2.52. The first-order chi connectivity index (χ1) is 9.76. The number of nitrogens with one attached hydrogen (secondary N) is 1. The molecule has 3 rings (SSSR count). The maximum atomic E-state index is 5.22. The van der Waals surface area contributed by atoms with E-state index in [4.69, 9.17) is 9.72 Å². The molecule has 3 nitrogen and oxygen atoms in total. The molecular formula is C15H24N2OS2. The Labute approximate surface area is 129 Å². The van der Waals surface area contributed by atoms with E-state index < -0.39 is 0 Å². The molecule has 1 aromatic heterocycles. The fourth-order valence-electron chi connectivity index (χ4n) is 3.30. The van der Waals surface area contributed by atoms with E-state index in [-0.39, 0.29) is 5.54 Å². The molecule has 2 heterocycles. The lowest BCUT2D eigenvalue weighted by molar-refractivity contribution is 0.178. The zero-order valence-corrected chi connectivity index (χ0v) is 14.0. The highest BCUT2D eigenvalue weighted by Gasteiger charge is 2.43. The Balaban J connectivity index is 1.87. The van der Waals surface area contributed by atoms with Crippen molar-refractivity contribution in [1.29, 1.82) is 0 Å². The summed E-state index contributed by atoms with van der Waals surface area (Å²) < 4.78 is 5.22. The molecule has 0 saturated carbocycles. The van der Waals surface area contributed by atoms with Gasteiger partial charge < -0.3 is 10.1 Å². The SMILES string of the molecule is COCCNC1(c2nc3c(s2)CCC3)CCCSC1C. The third kappa shape index (κ3) is 2.65. The van der Waals surface area contributed by atoms with E-state index in [1.54, 1.807) is 7.11 Å². The van der Waals surface area contributed by atoms with E-state index in [0.717, 1.165) is 13.2 Å². The molecule has 1 saturated heterocycles. The van der Waals surface area contributed by atoms with Crippen LogP contribution in [0.15, 0.2) is 0 Å². The average molecular weight is 313 g/mol. The van der Waals surface area contributed by atoms with Gasteiger partial charge in [-0.3, -0.25) is 0 Å². The van der Waals surface area contributed by atoms with Gasteiger partial charge >= 0.3 is 0 Å². The van der Waals surface area contributed by atoms with Gasteiger partial charge in [0.25, 0.3) is 0 Å². The first-order valence-corrected chi connectivity index (χ1v) is 9.47. The summed E-state index contributed by atoms with van der Waals surface area (Å²) in [4.78, 5) is 6.56. The van der Waals surface area contributed by atoms with Crippen LogP contribution in [-0.4, -0.2) is 36.2 Å². The van der Waals surface area contributed by atoms with Crippen LogP contribution >= 0.6 is 23.1 Å². The number of aryl methyl sites for hydroxylation is 2. The Morgan fingerprint density at radius 1 is 1.40 bits per heavy atom. The lowest BCUT2D eigenvalue weighted by Gasteiger charge is -2.41. The minimum atomic E-state index is 0.0659. The molecule has 0 radical (unpaired) electrons. The topological polar surface area (TPSA) is 34.1 Å². The summed E-state index contributed by atoms with van der Waals surface area (Å²) in [6.07, 6.45) is 6.20. The summed E-state index contributed by atoms with van der Waals surface area (Å²) in [5.41, 5.74) is 1.44. The molecule has 1 aliphatic carbocycles. The highest BCUT2D eigenvalue weighted by Crippen LogP contribution is 2.44. The van der Waals surface area contributed by atoms with Gasteiger partial charge in [0.05, 0.1) is 17.8 Å². The molecule has 0 aromatic carbocycles. The van der Waals surface area contributed by atoms with Crippen molar-refractivity contribution in [2.75, 3.05) is 26.0 Å². The fraction of sp³-hybridized carbons (Fsp3) is 0.800. The first kappa shape index (κ1) is 14.8. The molecule has 1 aromatic rings. The van der Waals surface area contributed by atoms with Crippen LogP contribution in [0.3, 0.4) is 0 Å². The van der Waals surface area contributed by atoms with Crippen LogP contribution in [0.5, 0.6) is 0 Å². The van der Waals surface area contributed by atoms with Crippen molar-refractivity contribution in [3.63, 3.8) is 0 Å². The second-order valence-corrected chi connectivity index (χ2v) is 8.28. The molecule has 0 amide bonds. The van der Waals surface area contributed by atoms with Crippen molar-refractivity contribution in [3.8, 4) is 0 Å². The maximum absolute atomic E-state index is 5.22. The molecule has 0 bridgehead atoms. The normalized spacial score (nSPS) is 29.6. The van der Waals surface area contributed by atoms with Crippen LogP contribution < -0.4 is 5.32 Å². The van der Waals surface area contributed by atoms with Crippen LogP contribution in [0.1, 0.15) is 41.8 Å². The van der Waals surface area contributed by atoms with Crippen molar-refractivity contribution >= 4 is 23.1 Å². The molecule has 1 N–H and O–H groups in total. The van der Waals surface area contributed by atoms with Crippen molar-refractivity contribution in [1.82, 2.24) is 10.3 Å². The van der Waals surface area contributed by atoms with E-state index in [0.29, 0.717) is 5.25 Å². The third-order valence-electron chi connectivity index (χ3n) is 4.50. The van der Waals surface area contributed by atoms with Gasteiger partial charge in [-0.2, -0.15) is 11.8 Å². The van der Waals surface area contributed by atoms with Crippen LogP contribution in [-0.2, 0) is 23.1 Å². The van der Waals surface area contributed by atoms with Gasteiger partial charge in [0.1, 0.15) is 5.01 Å². The summed E-state index contributed by atoms with van der Waals surface area (Å²) in [5, 5.41) is 5.71. The van der Waals surface area contributed by atoms with Crippen LogP contribution in [0.2, 0.25) is 0 Å². The van der Waals surface area contributed by atoms with Gasteiger partial charge in [0, 0.05) is 23.8 Å². The van der Waals surface area contributed by atoms with E-state index in [9.17, 15) is 0 Å². The van der Waals surface area contributed by atoms with Crippen molar-refractivity contribution < 1.29 is 4.74 Å². The number of thiazole rings is 1. The van der Waals surface area contributed by atoms with E-state index in [2.05, 4.69) is 24.0 Å². The highest BCUT2D eigenvalue weighted by molar-refractivity contribution is 8.00. The van der Waals surface area contributed by atoms with Crippen molar-refractivity contribution in [2.24, 2.45) is 0 Å². The number of fused-ring (bicyclic) bond motifs is 1. The molecule has 5 heteroatoms. The Morgan fingerprint density at radius 2 is 2.30 bits per heavy atom. The Hall–Kier alpha value is -0.100. The summed E-state index contributed by atoms with van der Waals surface area (Å²) in [6, 6.07) is 0. The Bertz CT molecular complexity index is 441. The third-order valence-corrected chi connectivity index (χ3v) is 7.26. The average Bonchev–Trinajstić information content (AvgIpc) is 3.02. The number of nitrogens with zero attached hydrogens (tertiary/aromatic N) is 1. The van der Waals surface area contributed by atoms with Crippen molar-refractivity contribution in [2.45, 2.75) is 49.8 Å². The van der Waals surface area contributed by atoms with Gasteiger partial charge in [0.2, 0.25) is 0 Å².